The number of aliphatic hydroxyl groups is 1. The molecule has 0 amide bonds. The smallest absolute Gasteiger partial charge is 0.191 e. The van der Waals surface area contributed by atoms with Gasteiger partial charge in [0, 0.05) is 18.7 Å². The monoisotopic (exact) mass is 428 g/mol. The average molecular weight is 429 g/mol. The summed E-state index contributed by atoms with van der Waals surface area (Å²) in [4.78, 5) is 7.24. The molecule has 1 saturated heterocycles. The first kappa shape index (κ1) is 23.0. The van der Waals surface area contributed by atoms with Crippen molar-refractivity contribution in [1.29, 1.82) is 0 Å². The van der Waals surface area contributed by atoms with Gasteiger partial charge in [-0.3, -0.25) is 9.89 Å². The first-order valence-corrected chi connectivity index (χ1v) is 10.9. The lowest BCUT2D eigenvalue weighted by molar-refractivity contribution is 0.176. The molecule has 3 rings (SSSR count). The van der Waals surface area contributed by atoms with E-state index in [1.165, 1.54) is 24.5 Å². The fourth-order valence-electron chi connectivity index (χ4n) is 3.88. The Labute approximate surface area is 184 Å². The molecule has 168 valence electrons. The number of nitrogens with zero attached hydrogens (tertiary/aromatic N) is 2. The molecule has 0 saturated carbocycles. The Kier molecular flexibility index (Phi) is 8.67. The van der Waals surface area contributed by atoms with Crippen molar-refractivity contribution in [3.8, 4) is 5.75 Å². The van der Waals surface area contributed by atoms with E-state index in [9.17, 15) is 9.50 Å². The molecule has 2 aromatic rings. The molecule has 1 aliphatic rings. The van der Waals surface area contributed by atoms with Gasteiger partial charge in [0.15, 0.2) is 5.96 Å². The van der Waals surface area contributed by atoms with Crippen molar-refractivity contribution in [2.24, 2.45) is 4.99 Å². The number of halogens is 1. The number of aliphatic imine (C=N–C) groups is 1. The van der Waals surface area contributed by atoms with Gasteiger partial charge in [-0.2, -0.15) is 0 Å². The van der Waals surface area contributed by atoms with Crippen LogP contribution in [0.15, 0.2) is 53.5 Å². The highest BCUT2D eigenvalue weighted by Gasteiger charge is 2.23. The largest absolute Gasteiger partial charge is 0.497 e. The first-order valence-electron chi connectivity index (χ1n) is 10.9. The second-order valence-electron chi connectivity index (χ2n) is 7.67. The Morgan fingerprint density at radius 1 is 1.13 bits per heavy atom. The summed E-state index contributed by atoms with van der Waals surface area (Å²) in [5.74, 6) is 1.03. The Morgan fingerprint density at radius 2 is 1.84 bits per heavy atom. The van der Waals surface area contributed by atoms with Crippen molar-refractivity contribution in [2.75, 3.05) is 39.8 Å². The van der Waals surface area contributed by atoms with Gasteiger partial charge in [-0.05, 0) is 56.6 Å². The maximum atomic E-state index is 13.9. The van der Waals surface area contributed by atoms with E-state index in [0.717, 1.165) is 18.8 Å². The second kappa shape index (κ2) is 11.7. The van der Waals surface area contributed by atoms with Crippen molar-refractivity contribution in [3.05, 3.63) is 65.5 Å². The van der Waals surface area contributed by atoms with E-state index >= 15 is 0 Å². The normalized spacial score (nSPS) is 16.7. The first-order chi connectivity index (χ1) is 15.1. The summed E-state index contributed by atoms with van der Waals surface area (Å²) in [6, 6.07) is 14.6. The van der Waals surface area contributed by atoms with Crippen LogP contribution in [0.25, 0.3) is 0 Å². The predicted molar refractivity (Wildman–Crippen MR) is 122 cm³/mol. The van der Waals surface area contributed by atoms with Crippen molar-refractivity contribution in [1.82, 2.24) is 15.5 Å². The number of ether oxygens (including phenoxy) is 1. The van der Waals surface area contributed by atoms with Gasteiger partial charge >= 0.3 is 0 Å². The minimum Gasteiger partial charge on any atom is -0.497 e. The molecule has 2 unspecified atom stereocenters. The van der Waals surface area contributed by atoms with E-state index in [4.69, 9.17) is 9.73 Å². The van der Waals surface area contributed by atoms with Crippen molar-refractivity contribution < 1.29 is 14.2 Å². The maximum Gasteiger partial charge on any atom is 0.191 e. The summed E-state index contributed by atoms with van der Waals surface area (Å²) < 4.78 is 19.2. The molecular weight excluding hydrogens is 395 g/mol. The molecule has 1 fully saturated rings. The Hall–Kier alpha value is -2.64. The predicted octanol–water partition coefficient (Wildman–Crippen LogP) is 3.26. The summed E-state index contributed by atoms with van der Waals surface area (Å²) in [7, 11) is 1.67. The lowest BCUT2D eigenvalue weighted by Gasteiger charge is -2.27. The zero-order valence-corrected chi connectivity index (χ0v) is 18.4. The van der Waals surface area contributed by atoms with Crippen LogP contribution in [0.1, 0.15) is 43.0 Å². The zero-order valence-electron chi connectivity index (χ0n) is 18.4. The number of methoxy groups -OCH3 is 1. The van der Waals surface area contributed by atoms with Crippen LogP contribution in [0, 0.1) is 5.82 Å². The molecule has 0 radical (unpaired) electrons. The lowest BCUT2D eigenvalue weighted by Crippen LogP contribution is -2.40. The van der Waals surface area contributed by atoms with Gasteiger partial charge in [0.05, 0.1) is 25.8 Å². The van der Waals surface area contributed by atoms with E-state index in [0.29, 0.717) is 19.0 Å². The number of aliphatic hydroxyl groups excluding tert-OH is 1. The molecule has 6 nitrogen and oxygen atoms in total. The van der Waals surface area contributed by atoms with Crippen LogP contribution in [0.5, 0.6) is 5.75 Å². The molecule has 2 aromatic carbocycles. The van der Waals surface area contributed by atoms with Gasteiger partial charge in [0.2, 0.25) is 0 Å². The molecule has 0 spiro atoms. The van der Waals surface area contributed by atoms with Gasteiger partial charge in [-0.1, -0.05) is 30.3 Å². The topological polar surface area (TPSA) is 69.1 Å². The molecule has 1 heterocycles. The standard InChI is InChI=1S/C24H33FN4O2/c1-3-26-24(28-17-23(30)20-8-4-5-9-21(20)25)27-16-22(29-14-6-7-15-29)18-10-12-19(31-2)13-11-18/h4-5,8-13,22-23,30H,3,6-7,14-17H2,1-2H3,(H2,26,27,28). The molecule has 1 aliphatic heterocycles. The summed E-state index contributed by atoms with van der Waals surface area (Å²) in [5, 5.41) is 16.8. The molecule has 0 aromatic heterocycles. The summed E-state index contributed by atoms with van der Waals surface area (Å²) in [6.45, 7) is 5.55. The van der Waals surface area contributed by atoms with Gasteiger partial charge in [-0.15, -0.1) is 0 Å². The van der Waals surface area contributed by atoms with Crippen LogP contribution in [-0.2, 0) is 0 Å². The fourth-order valence-corrected chi connectivity index (χ4v) is 3.88. The van der Waals surface area contributed by atoms with Gasteiger partial charge in [0.1, 0.15) is 11.6 Å². The highest BCUT2D eigenvalue weighted by molar-refractivity contribution is 5.79. The lowest BCUT2D eigenvalue weighted by atomic mass is 10.1. The van der Waals surface area contributed by atoms with Crippen molar-refractivity contribution in [2.45, 2.75) is 31.9 Å². The number of benzene rings is 2. The van der Waals surface area contributed by atoms with Crippen LogP contribution in [0.3, 0.4) is 0 Å². The Balaban J connectivity index is 1.69. The number of guanidine groups is 1. The molecule has 0 aliphatic carbocycles. The summed E-state index contributed by atoms with van der Waals surface area (Å²) in [5.41, 5.74) is 1.48. The van der Waals surface area contributed by atoms with Crippen LogP contribution >= 0.6 is 0 Å². The Morgan fingerprint density at radius 3 is 2.48 bits per heavy atom. The Bertz CT molecular complexity index is 838. The zero-order chi connectivity index (χ0) is 22.1. The van der Waals surface area contributed by atoms with Gasteiger partial charge in [-0.25, -0.2) is 4.39 Å². The molecular formula is C24H33FN4O2. The van der Waals surface area contributed by atoms with Crippen LogP contribution in [0.2, 0.25) is 0 Å². The van der Waals surface area contributed by atoms with E-state index < -0.39 is 11.9 Å². The molecule has 0 bridgehead atoms. The summed E-state index contributed by atoms with van der Waals surface area (Å²) >= 11 is 0. The van der Waals surface area contributed by atoms with Crippen molar-refractivity contribution in [3.63, 3.8) is 0 Å². The van der Waals surface area contributed by atoms with Gasteiger partial charge < -0.3 is 20.5 Å². The number of hydrogen-bond donors (Lipinski definition) is 3. The number of hydrogen-bond acceptors (Lipinski definition) is 4. The van der Waals surface area contributed by atoms with Crippen molar-refractivity contribution >= 4 is 5.96 Å². The van der Waals surface area contributed by atoms with E-state index in [2.05, 4.69) is 27.7 Å². The minimum absolute atomic E-state index is 0.167. The molecule has 31 heavy (non-hydrogen) atoms. The molecule has 3 N–H and O–H groups in total. The fraction of sp³-hybridized carbons (Fsp3) is 0.458. The van der Waals surface area contributed by atoms with Gasteiger partial charge in [0.25, 0.3) is 0 Å². The molecule has 7 heteroatoms. The highest BCUT2D eigenvalue weighted by atomic mass is 19.1. The average Bonchev–Trinajstić information content (AvgIpc) is 3.32. The third kappa shape index (κ3) is 6.42. The number of nitrogens with one attached hydrogen (secondary N) is 2. The highest BCUT2D eigenvalue weighted by Crippen LogP contribution is 2.27. The SMILES string of the molecule is CCNC(=NCC(c1ccc(OC)cc1)N1CCCC1)NCC(O)c1ccccc1F. The second-order valence-corrected chi connectivity index (χ2v) is 7.67. The van der Waals surface area contributed by atoms with Crippen LogP contribution < -0.4 is 15.4 Å². The quantitative estimate of drug-likeness (QED) is 0.423. The third-order valence-electron chi connectivity index (χ3n) is 5.58. The maximum absolute atomic E-state index is 13.9. The number of likely N-dealkylation sites (tertiary alicyclic amines) is 1. The molecule has 2 atom stereocenters. The third-order valence-corrected chi connectivity index (χ3v) is 5.58. The van der Waals surface area contributed by atoms with E-state index in [-0.39, 0.29) is 18.2 Å². The summed E-state index contributed by atoms with van der Waals surface area (Å²) in [6.07, 6.45) is 1.44. The van der Waals surface area contributed by atoms with E-state index in [1.54, 1.807) is 25.3 Å². The van der Waals surface area contributed by atoms with Crippen LogP contribution in [-0.4, -0.2) is 55.8 Å². The number of rotatable bonds is 9. The van der Waals surface area contributed by atoms with Crippen LogP contribution in [0.4, 0.5) is 4.39 Å². The minimum atomic E-state index is -0.957. The van der Waals surface area contributed by atoms with E-state index in [1.807, 2.05) is 19.1 Å².